The molecule has 0 spiro atoms. The van der Waals surface area contributed by atoms with Gasteiger partial charge in [-0.05, 0) is 55.5 Å². The number of thiophene rings is 1. The molecule has 1 aliphatic rings. The Bertz CT molecular complexity index is 1080. The fraction of sp³-hybridized carbons (Fsp3) is 0.381. The van der Waals surface area contributed by atoms with Gasteiger partial charge >= 0.3 is 0 Å². The van der Waals surface area contributed by atoms with Gasteiger partial charge in [-0.2, -0.15) is 0 Å². The van der Waals surface area contributed by atoms with Gasteiger partial charge in [-0.25, -0.2) is 9.37 Å². The Morgan fingerprint density at radius 2 is 2.03 bits per heavy atom. The molecule has 0 saturated carbocycles. The van der Waals surface area contributed by atoms with Gasteiger partial charge in [0.05, 0.1) is 18.3 Å². The largest absolute Gasteiger partial charge is 0.492 e. The molecule has 1 aromatic carbocycles. The Labute approximate surface area is 171 Å². The van der Waals surface area contributed by atoms with E-state index in [2.05, 4.69) is 10.3 Å². The molecule has 1 N–H and O–H groups in total. The molecule has 152 valence electrons. The lowest BCUT2D eigenvalue weighted by Gasteiger charge is -2.11. The summed E-state index contributed by atoms with van der Waals surface area (Å²) in [5.41, 5.74) is 1.10. The zero-order valence-electron chi connectivity index (χ0n) is 15.9. The van der Waals surface area contributed by atoms with E-state index in [9.17, 15) is 14.0 Å². The monoisotopic (exact) mass is 415 g/mol. The molecule has 4 rings (SSSR count). The predicted octanol–water partition coefficient (Wildman–Crippen LogP) is 3.06. The Hall–Kier alpha value is -2.74. The van der Waals surface area contributed by atoms with Crippen LogP contribution < -0.4 is 15.6 Å². The van der Waals surface area contributed by atoms with Crippen molar-refractivity contribution in [2.24, 2.45) is 0 Å². The number of nitrogens with zero attached hydrogens (tertiary/aromatic N) is 2. The molecular weight excluding hydrogens is 393 g/mol. The number of carbonyl (C=O) groups excluding carboxylic acids is 1. The van der Waals surface area contributed by atoms with Crippen molar-refractivity contribution < 1.29 is 13.9 Å². The van der Waals surface area contributed by atoms with Crippen LogP contribution >= 0.6 is 11.3 Å². The first-order valence-corrected chi connectivity index (χ1v) is 10.6. The van der Waals surface area contributed by atoms with Gasteiger partial charge in [0, 0.05) is 17.8 Å². The van der Waals surface area contributed by atoms with E-state index < -0.39 is 0 Å². The number of aromatic nitrogens is 2. The Morgan fingerprint density at radius 3 is 2.86 bits per heavy atom. The molecule has 2 heterocycles. The Kier molecular flexibility index (Phi) is 5.89. The highest BCUT2D eigenvalue weighted by molar-refractivity contribution is 7.18. The SMILES string of the molecule is O=C(CCn1cnc2sc3c(c2c1=O)CCCC3)NCCOc1ccc(F)cc1. The number of hydrogen-bond acceptors (Lipinski definition) is 5. The maximum absolute atomic E-state index is 12.9. The zero-order chi connectivity index (χ0) is 20.2. The van der Waals surface area contributed by atoms with E-state index in [-0.39, 0.29) is 36.9 Å². The first kappa shape index (κ1) is 19.6. The van der Waals surface area contributed by atoms with E-state index in [4.69, 9.17) is 4.74 Å². The van der Waals surface area contributed by atoms with Crippen LogP contribution in [0.25, 0.3) is 10.2 Å². The number of aryl methyl sites for hydroxylation is 3. The Morgan fingerprint density at radius 1 is 1.24 bits per heavy atom. The van der Waals surface area contributed by atoms with Gasteiger partial charge in [0.15, 0.2) is 0 Å². The normalized spacial score (nSPS) is 13.3. The summed E-state index contributed by atoms with van der Waals surface area (Å²) in [7, 11) is 0. The van der Waals surface area contributed by atoms with Gasteiger partial charge in [0.2, 0.25) is 5.91 Å². The molecule has 0 atom stereocenters. The molecule has 0 radical (unpaired) electrons. The minimum atomic E-state index is -0.323. The molecule has 3 aromatic rings. The second kappa shape index (κ2) is 8.73. The van der Waals surface area contributed by atoms with Crippen LogP contribution in [0.1, 0.15) is 29.7 Å². The maximum Gasteiger partial charge on any atom is 0.262 e. The third-order valence-corrected chi connectivity index (χ3v) is 6.23. The molecular formula is C21H22FN3O3S. The molecule has 2 aromatic heterocycles. The summed E-state index contributed by atoms with van der Waals surface area (Å²) in [4.78, 5) is 31.5. The van der Waals surface area contributed by atoms with E-state index >= 15 is 0 Å². The standard InChI is InChI=1S/C21H22FN3O3S/c22-14-5-7-15(8-6-14)28-12-10-23-18(26)9-11-25-13-24-20-19(21(25)27)16-3-1-2-4-17(16)29-20/h5-8,13H,1-4,9-12H2,(H,23,26). The molecule has 0 saturated heterocycles. The summed E-state index contributed by atoms with van der Waals surface area (Å²) < 4.78 is 19.8. The summed E-state index contributed by atoms with van der Waals surface area (Å²) >= 11 is 1.62. The van der Waals surface area contributed by atoms with Gasteiger partial charge < -0.3 is 10.1 Å². The topological polar surface area (TPSA) is 73.2 Å². The van der Waals surface area contributed by atoms with Gasteiger partial charge in [-0.3, -0.25) is 14.2 Å². The third-order valence-electron chi connectivity index (χ3n) is 5.03. The number of amides is 1. The van der Waals surface area contributed by atoms with Gasteiger partial charge in [-0.1, -0.05) is 0 Å². The predicted molar refractivity (Wildman–Crippen MR) is 110 cm³/mol. The second-order valence-electron chi connectivity index (χ2n) is 7.04. The summed E-state index contributed by atoms with van der Waals surface area (Å²) in [6, 6.07) is 5.72. The average Bonchev–Trinajstić information content (AvgIpc) is 3.11. The van der Waals surface area contributed by atoms with E-state index in [0.717, 1.165) is 35.0 Å². The van der Waals surface area contributed by atoms with Crippen LogP contribution in [0, 0.1) is 5.82 Å². The van der Waals surface area contributed by atoms with Crippen LogP contribution in [0.15, 0.2) is 35.4 Å². The molecule has 1 amide bonds. The lowest BCUT2D eigenvalue weighted by molar-refractivity contribution is -0.121. The average molecular weight is 415 g/mol. The molecule has 8 heteroatoms. The van der Waals surface area contributed by atoms with Gasteiger partial charge in [0.1, 0.15) is 23.0 Å². The smallest absolute Gasteiger partial charge is 0.262 e. The number of ether oxygens (including phenoxy) is 1. The van der Waals surface area contributed by atoms with Crippen molar-refractivity contribution in [2.75, 3.05) is 13.2 Å². The lowest BCUT2D eigenvalue weighted by Crippen LogP contribution is -2.30. The highest BCUT2D eigenvalue weighted by Crippen LogP contribution is 2.33. The van der Waals surface area contributed by atoms with Crippen molar-refractivity contribution in [1.82, 2.24) is 14.9 Å². The van der Waals surface area contributed by atoms with Gasteiger partial charge in [-0.15, -0.1) is 11.3 Å². The molecule has 6 nitrogen and oxygen atoms in total. The molecule has 29 heavy (non-hydrogen) atoms. The van der Waals surface area contributed by atoms with E-state index in [1.807, 2.05) is 0 Å². The summed E-state index contributed by atoms with van der Waals surface area (Å²) in [6.07, 6.45) is 5.96. The van der Waals surface area contributed by atoms with Crippen LogP contribution in [-0.2, 0) is 24.2 Å². The molecule has 0 bridgehead atoms. The van der Waals surface area contributed by atoms with Crippen LogP contribution in [0.5, 0.6) is 5.75 Å². The van der Waals surface area contributed by atoms with Crippen molar-refractivity contribution in [2.45, 2.75) is 38.6 Å². The number of benzene rings is 1. The minimum Gasteiger partial charge on any atom is -0.492 e. The number of carbonyl (C=O) groups is 1. The third kappa shape index (κ3) is 4.48. The molecule has 0 aliphatic heterocycles. The van der Waals surface area contributed by atoms with Crippen molar-refractivity contribution in [3.05, 3.63) is 57.2 Å². The first-order chi connectivity index (χ1) is 14.1. The van der Waals surface area contributed by atoms with Crippen LogP contribution in [0.4, 0.5) is 4.39 Å². The zero-order valence-corrected chi connectivity index (χ0v) is 16.8. The highest BCUT2D eigenvalue weighted by atomic mass is 32.1. The summed E-state index contributed by atoms with van der Waals surface area (Å²) in [5, 5.41) is 3.50. The summed E-state index contributed by atoms with van der Waals surface area (Å²) in [5.74, 6) is 0.0641. The van der Waals surface area contributed by atoms with Crippen molar-refractivity contribution in [3.63, 3.8) is 0 Å². The summed E-state index contributed by atoms with van der Waals surface area (Å²) in [6.45, 7) is 0.906. The van der Waals surface area contributed by atoms with Crippen LogP contribution in [0.2, 0.25) is 0 Å². The number of fused-ring (bicyclic) bond motifs is 3. The number of halogens is 1. The van der Waals surface area contributed by atoms with E-state index in [0.29, 0.717) is 12.3 Å². The lowest BCUT2D eigenvalue weighted by atomic mass is 9.97. The highest BCUT2D eigenvalue weighted by Gasteiger charge is 2.20. The molecule has 0 fully saturated rings. The second-order valence-corrected chi connectivity index (χ2v) is 8.12. The van der Waals surface area contributed by atoms with Crippen molar-refractivity contribution >= 4 is 27.5 Å². The van der Waals surface area contributed by atoms with Crippen molar-refractivity contribution in [3.8, 4) is 5.75 Å². The number of rotatable bonds is 7. The van der Waals surface area contributed by atoms with E-state index in [1.54, 1.807) is 11.3 Å². The maximum atomic E-state index is 12.9. The fourth-order valence-corrected chi connectivity index (χ4v) is 4.76. The minimum absolute atomic E-state index is 0.0538. The first-order valence-electron chi connectivity index (χ1n) is 9.76. The van der Waals surface area contributed by atoms with E-state index in [1.165, 1.54) is 46.5 Å². The quantitative estimate of drug-likeness (QED) is 0.602. The van der Waals surface area contributed by atoms with Crippen LogP contribution in [-0.4, -0.2) is 28.6 Å². The van der Waals surface area contributed by atoms with Crippen LogP contribution in [0.3, 0.4) is 0 Å². The number of nitrogens with one attached hydrogen (secondary N) is 1. The van der Waals surface area contributed by atoms with Gasteiger partial charge in [0.25, 0.3) is 5.56 Å². The molecule has 0 unspecified atom stereocenters. The fourth-order valence-electron chi connectivity index (χ4n) is 3.54. The number of hydrogen-bond donors (Lipinski definition) is 1. The Balaban J connectivity index is 1.30. The van der Waals surface area contributed by atoms with Crippen molar-refractivity contribution in [1.29, 1.82) is 0 Å². The molecule has 1 aliphatic carbocycles.